The van der Waals surface area contributed by atoms with Crippen molar-refractivity contribution in [1.82, 2.24) is 29.4 Å². The number of hydrogen-bond donors (Lipinski definition) is 2. The summed E-state index contributed by atoms with van der Waals surface area (Å²) in [6.07, 6.45) is 1.45. The molecule has 1 amide bonds. The highest BCUT2D eigenvalue weighted by Crippen LogP contribution is 2.29. The number of thiazole rings is 1. The van der Waals surface area contributed by atoms with Gasteiger partial charge in [0.1, 0.15) is 5.03 Å². The number of halogens is 1. The van der Waals surface area contributed by atoms with Crippen molar-refractivity contribution in [3.8, 4) is 0 Å². The Morgan fingerprint density at radius 3 is 2.92 bits per heavy atom. The molecule has 0 saturated carbocycles. The van der Waals surface area contributed by atoms with Crippen molar-refractivity contribution in [1.29, 1.82) is 0 Å². The second-order valence-corrected chi connectivity index (χ2v) is 13.2. The molecule has 1 unspecified atom stereocenters. The molecule has 3 aromatic rings. The van der Waals surface area contributed by atoms with E-state index in [0.29, 0.717) is 48.2 Å². The van der Waals surface area contributed by atoms with Gasteiger partial charge in [-0.1, -0.05) is 11.6 Å². The van der Waals surface area contributed by atoms with Gasteiger partial charge in [-0.3, -0.25) is 4.79 Å². The summed E-state index contributed by atoms with van der Waals surface area (Å²) in [5.41, 5.74) is 1.72. The molecular formula is C25H33ClN6O4S2. The van der Waals surface area contributed by atoms with Crippen LogP contribution in [0.5, 0.6) is 0 Å². The Labute approximate surface area is 232 Å². The quantitative estimate of drug-likeness (QED) is 0.374. The molecule has 2 aliphatic rings. The lowest BCUT2D eigenvalue weighted by Gasteiger charge is -2.40. The second-order valence-electron chi connectivity index (χ2n) is 9.79. The third-order valence-corrected chi connectivity index (χ3v) is 10.2. The number of amides is 1. The van der Waals surface area contributed by atoms with Crippen LogP contribution in [-0.4, -0.2) is 104 Å². The monoisotopic (exact) mass is 580 g/mol. The molecule has 206 valence electrons. The normalized spacial score (nSPS) is 19.2. The Kier molecular flexibility index (Phi) is 8.39. The molecule has 2 aromatic heterocycles. The van der Waals surface area contributed by atoms with Crippen LogP contribution in [0.3, 0.4) is 0 Å². The number of sulfonamides is 1. The lowest BCUT2D eigenvalue weighted by molar-refractivity contribution is 0.0549. The zero-order valence-corrected chi connectivity index (χ0v) is 24.0. The number of piperazine rings is 1. The predicted octanol–water partition coefficient (Wildman–Crippen LogP) is 2.41. The molecule has 10 nitrogen and oxygen atoms in total. The first kappa shape index (κ1) is 27.5. The molecule has 2 aliphatic heterocycles. The van der Waals surface area contributed by atoms with Gasteiger partial charge in [0.2, 0.25) is 0 Å². The predicted molar refractivity (Wildman–Crippen MR) is 148 cm³/mol. The van der Waals surface area contributed by atoms with Gasteiger partial charge in [0.05, 0.1) is 12.3 Å². The third-order valence-electron chi connectivity index (χ3n) is 7.12. The molecule has 1 aromatic carbocycles. The van der Waals surface area contributed by atoms with Crippen LogP contribution in [0.4, 0.5) is 0 Å². The van der Waals surface area contributed by atoms with Crippen molar-refractivity contribution in [3.05, 3.63) is 44.9 Å². The number of rotatable bonds is 9. The number of hydrogen-bond acceptors (Lipinski definition) is 8. The largest absolute Gasteiger partial charge is 0.383 e. The fourth-order valence-electron chi connectivity index (χ4n) is 5.02. The number of fused-ring (bicyclic) bond motifs is 2. The van der Waals surface area contributed by atoms with Crippen LogP contribution in [0.15, 0.2) is 29.3 Å². The smallest absolute Gasteiger partial charge is 0.283 e. The summed E-state index contributed by atoms with van der Waals surface area (Å²) in [6.45, 7) is 4.36. The van der Waals surface area contributed by atoms with Gasteiger partial charge in [-0.15, -0.1) is 11.3 Å². The van der Waals surface area contributed by atoms with E-state index in [1.54, 1.807) is 31.4 Å². The number of ether oxygens (including phenoxy) is 1. The highest BCUT2D eigenvalue weighted by molar-refractivity contribution is 7.89. The number of H-pyrrole nitrogens is 1. The van der Waals surface area contributed by atoms with E-state index >= 15 is 0 Å². The molecule has 0 bridgehead atoms. The molecular weight excluding hydrogens is 548 g/mol. The second kappa shape index (κ2) is 11.6. The summed E-state index contributed by atoms with van der Waals surface area (Å²) >= 11 is 7.56. The standard InChI is InChI=1S/C25H33ClN6O4S2/c1-30-9-6-21-22(16-30)37-24(29-21)25(33)32-11-10-31(15-19(32)5-7-27-8-12-36-2)38(34,35)23-14-17-13-18(26)3-4-20(17)28-23/h3-4,13-14,19,27-28H,5-12,15-16H2,1-2H3. The van der Waals surface area contributed by atoms with Crippen molar-refractivity contribution in [2.75, 3.05) is 60.0 Å². The Balaban J connectivity index is 1.35. The van der Waals surface area contributed by atoms with Crippen molar-refractivity contribution in [2.24, 2.45) is 0 Å². The molecule has 0 radical (unpaired) electrons. The van der Waals surface area contributed by atoms with Crippen LogP contribution in [0, 0.1) is 0 Å². The van der Waals surface area contributed by atoms with Gasteiger partial charge < -0.3 is 24.8 Å². The highest BCUT2D eigenvalue weighted by atomic mass is 35.5. The van der Waals surface area contributed by atoms with Gasteiger partial charge >= 0.3 is 0 Å². The maximum absolute atomic E-state index is 13.7. The number of carbonyl (C=O) groups excluding carboxylic acids is 1. The Morgan fingerprint density at radius 1 is 1.26 bits per heavy atom. The van der Waals surface area contributed by atoms with Crippen LogP contribution >= 0.6 is 22.9 Å². The first-order chi connectivity index (χ1) is 18.3. The van der Waals surface area contributed by atoms with Crippen LogP contribution < -0.4 is 5.32 Å². The molecule has 0 spiro atoms. The van der Waals surface area contributed by atoms with E-state index in [1.807, 2.05) is 4.90 Å². The number of carbonyl (C=O) groups is 1. The van der Waals surface area contributed by atoms with Crippen LogP contribution in [0.2, 0.25) is 5.02 Å². The fourth-order valence-corrected chi connectivity index (χ4v) is 7.83. The van der Waals surface area contributed by atoms with Gasteiger partial charge in [-0.2, -0.15) is 4.31 Å². The number of nitrogens with zero attached hydrogens (tertiary/aromatic N) is 4. The highest BCUT2D eigenvalue weighted by Gasteiger charge is 2.38. The summed E-state index contributed by atoms with van der Waals surface area (Å²) in [5, 5.41) is 5.22. The van der Waals surface area contributed by atoms with E-state index < -0.39 is 10.0 Å². The van der Waals surface area contributed by atoms with Crippen molar-refractivity contribution in [3.63, 3.8) is 0 Å². The molecule has 38 heavy (non-hydrogen) atoms. The van der Waals surface area contributed by atoms with E-state index in [0.717, 1.165) is 35.5 Å². The van der Waals surface area contributed by atoms with E-state index in [-0.39, 0.29) is 30.1 Å². The number of likely N-dealkylation sites (N-methyl/N-ethyl adjacent to an activating group) is 1. The summed E-state index contributed by atoms with van der Waals surface area (Å²) in [6, 6.07) is 6.56. The summed E-state index contributed by atoms with van der Waals surface area (Å²) < 4.78 is 33.8. The minimum Gasteiger partial charge on any atom is -0.383 e. The average molecular weight is 581 g/mol. The van der Waals surface area contributed by atoms with Gasteiger partial charge in [0, 0.05) is 79.6 Å². The molecule has 2 N–H and O–H groups in total. The Morgan fingerprint density at radius 2 is 2.11 bits per heavy atom. The van der Waals surface area contributed by atoms with Crippen LogP contribution in [-0.2, 0) is 27.7 Å². The van der Waals surface area contributed by atoms with Gasteiger partial charge in [-0.25, -0.2) is 13.4 Å². The molecule has 1 atom stereocenters. The maximum atomic E-state index is 13.7. The van der Waals surface area contributed by atoms with Crippen molar-refractivity contribution >= 4 is 49.8 Å². The Hall–Kier alpha value is -2.06. The lowest BCUT2D eigenvalue weighted by Crippen LogP contribution is -2.57. The van der Waals surface area contributed by atoms with E-state index in [2.05, 4.69) is 27.2 Å². The van der Waals surface area contributed by atoms with E-state index in [1.165, 1.54) is 15.6 Å². The molecule has 1 fully saturated rings. The minimum absolute atomic E-state index is 0.119. The summed E-state index contributed by atoms with van der Waals surface area (Å²) in [5.74, 6) is -0.119. The van der Waals surface area contributed by atoms with Gasteiger partial charge in [-0.05, 0) is 44.3 Å². The average Bonchev–Trinajstić information content (AvgIpc) is 3.52. The van der Waals surface area contributed by atoms with Crippen LogP contribution in [0.25, 0.3) is 10.9 Å². The molecule has 0 aliphatic carbocycles. The molecule has 1 saturated heterocycles. The van der Waals surface area contributed by atoms with Gasteiger partial charge in [0.25, 0.3) is 15.9 Å². The summed E-state index contributed by atoms with van der Waals surface area (Å²) in [7, 11) is -0.0775. The number of aromatic nitrogens is 2. The number of methoxy groups -OCH3 is 1. The van der Waals surface area contributed by atoms with Crippen LogP contribution in [0.1, 0.15) is 26.8 Å². The fraction of sp³-hybridized carbons (Fsp3) is 0.520. The zero-order chi connectivity index (χ0) is 26.9. The molecule has 13 heteroatoms. The van der Waals surface area contributed by atoms with E-state index in [9.17, 15) is 13.2 Å². The van der Waals surface area contributed by atoms with E-state index in [4.69, 9.17) is 16.3 Å². The SMILES string of the molecule is COCCNCCC1CN(S(=O)(=O)c2cc3cc(Cl)ccc3[nH]2)CCN1C(=O)c1nc2c(s1)CN(C)CC2. The third kappa shape index (κ3) is 5.76. The lowest BCUT2D eigenvalue weighted by atomic mass is 10.1. The first-order valence-electron chi connectivity index (χ1n) is 12.7. The maximum Gasteiger partial charge on any atom is 0.283 e. The number of benzene rings is 1. The zero-order valence-electron chi connectivity index (χ0n) is 21.6. The minimum atomic E-state index is -3.79. The first-order valence-corrected chi connectivity index (χ1v) is 15.4. The van der Waals surface area contributed by atoms with Crippen molar-refractivity contribution < 1.29 is 17.9 Å². The number of aromatic amines is 1. The van der Waals surface area contributed by atoms with Crippen molar-refractivity contribution in [2.45, 2.75) is 30.5 Å². The molecule has 4 heterocycles. The Bertz CT molecular complexity index is 1410. The molecule has 5 rings (SSSR count). The van der Waals surface area contributed by atoms with Gasteiger partial charge in [0.15, 0.2) is 5.01 Å². The summed E-state index contributed by atoms with van der Waals surface area (Å²) in [4.78, 5) is 26.5. The topological polar surface area (TPSA) is 111 Å². The number of nitrogens with one attached hydrogen (secondary N) is 2.